The summed E-state index contributed by atoms with van der Waals surface area (Å²) in [5.41, 5.74) is 2.06. The second-order valence-electron chi connectivity index (χ2n) is 11.0. The maximum atomic E-state index is 12.7. The number of piperidine rings is 2. The summed E-state index contributed by atoms with van der Waals surface area (Å²) in [4.78, 5) is 29.7. The van der Waals surface area contributed by atoms with Gasteiger partial charge in [0, 0.05) is 44.7 Å². The molecule has 31 heavy (non-hydrogen) atoms. The molecule has 0 spiro atoms. The normalized spacial score (nSPS) is 25.3. The summed E-state index contributed by atoms with van der Waals surface area (Å²) in [5, 5.41) is 3.09. The molecule has 2 amide bonds. The molecule has 1 N–H and O–H groups in total. The zero-order valence-corrected chi connectivity index (χ0v) is 20.1. The Hall–Kier alpha value is -1.88. The summed E-state index contributed by atoms with van der Waals surface area (Å²) in [7, 11) is 0. The molecule has 0 aliphatic carbocycles. The number of amides is 2. The quantitative estimate of drug-likeness (QED) is 0.771. The molecular formula is C26H41N3O2. The lowest BCUT2D eigenvalue weighted by Crippen LogP contribution is -2.48. The third-order valence-corrected chi connectivity index (χ3v) is 6.56. The van der Waals surface area contributed by atoms with Crippen molar-refractivity contribution < 1.29 is 9.59 Å². The second-order valence-corrected chi connectivity index (χ2v) is 11.0. The highest BCUT2D eigenvalue weighted by molar-refractivity contribution is 5.83. The molecule has 5 heteroatoms. The van der Waals surface area contributed by atoms with E-state index in [2.05, 4.69) is 48.3 Å². The number of likely N-dealkylation sites (tertiary alicyclic amines) is 2. The van der Waals surface area contributed by atoms with Gasteiger partial charge in [-0.3, -0.25) is 14.5 Å². The van der Waals surface area contributed by atoms with Crippen molar-refractivity contribution in [1.82, 2.24) is 15.1 Å². The lowest BCUT2D eigenvalue weighted by molar-refractivity contribution is -0.142. The van der Waals surface area contributed by atoms with E-state index < -0.39 is 5.41 Å². The van der Waals surface area contributed by atoms with Gasteiger partial charge in [-0.05, 0) is 42.2 Å². The van der Waals surface area contributed by atoms with E-state index in [1.807, 2.05) is 25.7 Å². The van der Waals surface area contributed by atoms with Gasteiger partial charge < -0.3 is 10.2 Å². The van der Waals surface area contributed by atoms with Crippen LogP contribution in [0.3, 0.4) is 0 Å². The minimum atomic E-state index is -0.398. The molecule has 1 aromatic carbocycles. The average molecular weight is 428 g/mol. The second kappa shape index (κ2) is 10.2. The van der Waals surface area contributed by atoms with Gasteiger partial charge in [0.1, 0.15) is 0 Å². The lowest BCUT2D eigenvalue weighted by Gasteiger charge is -2.35. The number of hydrogen-bond donors (Lipinski definition) is 1. The molecule has 2 saturated heterocycles. The summed E-state index contributed by atoms with van der Waals surface area (Å²) in [6, 6.07) is 8.64. The fraction of sp³-hybridized carbons (Fsp3) is 0.692. The monoisotopic (exact) mass is 427 g/mol. The number of carbonyl (C=O) groups excluding carboxylic acids is 2. The molecule has 0 radical (unpaired) electrons. The predicted octanol–water partition coefficient (Wildman–Crippen LogP) is 4.07. The first-order valence-electron chi connectivity index (χ1n) is 12.0. The van der Waals surface area contributed by atoms with Crippen molar-refractivity contribution in [3.05, 3.63) is 35.4 Å². The van der Waals surface area contributed by atoms with E-state index in [4.69, 9.17) is 0 Å². The summed E-state index contributed by atoms with van der Waals surface area (Å²) in [6.45, 7) is 15.7. The molecule has 3 atom stereocenters. The number of nitrogens with one attached hydrogen (secondary N) is 1. The first-order valence-corrected chi connectivity index (χ1v) is 12.0. The van der Waals surface area contributed by atoms with E-state index >= 15 is 0 Å². The predicted molar refractivity (Wildman–Crippen MR) is 125 cm³/mol. The number of benzene rings is 1. The van der Waals surface area contributed by atoms with Crippen molar-refractivity contribution in [1.29, 1.82) is 0 Å². The highest BCUT2D eigenvalue weighted by atomic mass is 16.2. The van der Waals surface area contributed by atoms with Crippen LogP contribution in [0.2, 0.25) is 0 Å². The Balaban J connectivity index is 1.47. The molecule has 172 valence electrons. The average Bonchev–Trinajstić information content (AvgIpc) is 2.71. The van der Waals surface area contributed by atoms with Crippen LogP contribution in [-0.2, 0) is 22.7 Å². The zero-order chi connectivity index (χ0) is 22.6. The van der Waals surface area contributed by atoms with Crippen LogP contribution >= 0.6 is 0 Å². The summed E-state index contributed by atoms with van der Waals surface area (Å²) < 4.78 is 0. The van der Waals surface area contributed by atoms with Crippen LogP contribution in [0.4, 0.5) is 0 Å². The Kier molecular flexibility index (Phi) is 7.79. The molecule has 0 aromatic heterocycles. The van der Waals surface area contributed by atoms with Gasteiger partial charge in [-0.15, -0.1) is 0 Å². The lowest BCUT2D eigenvalue weighted by atomic mass is 9.91. The van der Waals surface area contributed by atoms with Gasteiger partial charge in [0.25, 0.3) is 0 Å². The smallest absolute Gasteiger partial charge is 0.227 e. The van der Waals surface area contributed by atoms with Crippen LogP contribution in [0.1, 0.15) is 65.0 Å². The first kappa shape index (κ1) is 23.8. The molecule has 2 aliphatic heterocycles. The largest absolute Gasteiger partial charge is 0.352 e. The molecule has 3 rings (SSSR count). The fourth-order valence-electron chi connectivity index (χ4n) is 5.13. The number of nitrogens with zero attached hydrogens (tertiary/aromatic N) is 2. The van der Waals surface area contributed by atoms with Gasteiger partial charge in [-0.1, -0.05) is 58.9 Å². The molecule has 2 aliphatic rings. The van der Waals surface area contributed by atoms with E-state index in [9.17, 15) is 9.59 Å². The standard InChI is InChI=1S/C26H41N3O2/c1-19-13-20(2)16-28(15-19)17-22-10-8-21(9-11-22)14-27-24(30)23-7-6-12-29(18-23)25(31)26(3,4)5/h8-11,19-20,23H,6-7,12-18H2,1-5H3,(H,27,30). The first-order chi connectivity index (χ1) is 14.6. The highest BCUT2D eigenvalue weighted by Gasteiger charge is 2.33. The Morgan fingerprint density at radius 2 is 1.61 bits per heavy atom. The van der Waals surface area contributed by atoms with Crippen molar-refractivity contribution in [2.24, 2.45) is 23.2 Å². The van der Waals surface area contributed by atoms with Gasteiger partial charge in [0.2, 0.25) is 11.8 Å². The van der Waals surface area contributed by atoms with Gasteiger partial charge in [0.05, 0.1) is 5.92 Å². The van der Waals surface area contributed by atoms with Crippen molar-refractivity contribution in [2.45, 2.75) is 67.0 Å². The summed E-state index contributed by atoms with van der Waals surface area (Å²) in [6.07, 6.45) is 3.08. The van der Waals surface area contributed by atoms with Gasteiger partial charge in [-0.25, -0.2) is 0 Å². The van der Waals surface area contributed by atoms with Gasteiger partial charge >= 0.3 is 0 Å². The molecule has 2 fully saturated rings. The van der Waals surface area contributed by atoms with Crippen LogP contribution in [0.15, 0.2) is 24.3 Å². The van der Waals surface area contributed by atoms with Crippen LogP contribution in [0, 0.1) is 23.2 Å². The van der Waals surface area contributed by atoms with Crippen LogP contribution < -0.4 is 5.32 Å². The van der Waals surface area contributed by atoms with Crippen LogP contribution in [-0.4, -0.2) is 47.8 Å². The van der Waals surface area contributed by atoms with Crippen molar-refractivity contribution in [3.8, 4) is 0 Å². The Bertz CT molecular complexity index is 743. The molecule has 0 bridgehead atoms. The number of rotatable bonds is 5. The molecule has 0 saturated carbocycles. The summed E-state index contributed by atoms with van der Waals surface area (Å²) >= 11 is 0. The van der Waals surface area contributed by atoms with E-state index in [0.717, 1.165) is 43.3 Å². The maximum absolute atomic E-state index is 12.7. The zero-order valence-electron chi connectivity index (χ0n) is 20.1. The highest BCUT2D eigenvalue weighted by Crippen LogP contribution is 2.24. The summed E-state index contributed by atoms with van der Waals surface area (Å²) in [5.74, 6) is 1.63. The van der Waals surface area contributed by atoms with E-state index in [-0.39, 0.29) is 17.7 Å². The third-order valence-electron chi connectivity index (χ3n) is 6.56. The van der Waals surface area contributed by atoms with E-state index in [0.29, 0.717) is 13.1 Å². The van der Waals surface area contributed by atoms with E-state index in [1.54, 1.807) is 0 Å². The third kappa shape index (κ3) is 6.80. The number of hydrogen-bond acceptors (Lipinski definition) is 3. The Morgan fingerprint density at radius 3 is 2.23 bits per heavy atom. The minimum absolute atomic E-state index is 0.0618. The topological polar surface area (TPSA) is 52.7 Å². The molecule has 3 unspecified atom stereocenters. The molecule has 1 aromatic rings. The molecular weight excluding hydrogens is 386 g/mol. The fourth-order valence-corrected chi connectivity index (χ4v) is 5.13. The number of carbonyl (C=O) groups is 2. The van der Waals surface area contributed by atoms with E-state index in [1.165, 1.54) is 25.1 Å². The Labute approximate surface area is 188 Å². The van der Waals surface area contributed by atoms with Crippen LogP contribution in [0.5, 0.6) is 0 Å². The van der Waals surface area contributed by atoms with Gasteiger partial charge in [-0.2, -0.15) is 0 Å². The van der Waals surface area contributed by atoms with Crippen molar-refractivity contribution in [3.63, 3.8) is 0 Å². The van der Waals surface area contributed by atoms with Gasteiger partial charge in [0.15, 0.2) is 0 Å². The minimum Gasteiger partial charge on any atom is -0.352 e. The Morgan fingerprint density at radius 1 is 1.00 bits per heavy atom. The van der Waals surface area contributed by atoms with Crippen molar-refractivity contribution in [2.75, 3.05) is 26.2 Å². The van der Waals surface area contributed by atoms with Crippen molar-refractivity contribution >= 4 is 11.8 Å². The molecule has 2 heterocycles. The maximum Gasteiger partial charge on any atom is 0.227 e. The SMILES string of the molecule is CC1CC(C)CN(Cc2ccc(CNC(=O)C3CCCN(C(=O)C(C)(C)C)C3)cc2)C1. The molecule has 5 nitrogen and oxygen atoms in total. The van der Waals surface area contributed by atoms with Crippen LogP contribution in [0.25, 0.3) is 0 Å².